The van der Waals surface area contributed by atoms with Crippen LogP contribution in [-0.4, -0.2) is 20.1 Å². The molecular formula is C9H6BrNO4S. The van der Waals surface area contributed by atoms with Crippen LogP contribution in [0.3, 0.4) is 0 Å². The lowest BCUT2D eigenvalue weighted by atomic mass is 10.1. The van der Waals surface area contributed by atoms with Crippen LogP contribution in [0.5, 0.6) is 0 Å². The molecule has 0 atom stereocenters. The van der Waals surface area contributed by atoms with Gasteiger partial charge in [-0.1, -0.05) is 0 Å². The quantitative estimate of drug-likeness (QED) is 0.787. The number of sulfonamides is 1. The maximum Gasteiger partial charge on any atom is 0.266 e. The van der Waals surface area contributed by atoms with Crippen molar-refractivity contribution in [1.82, 2.24) is 4.72 Å². The van der Waals surface area contributed by atoms with Gasteiger partial charge in [-0.05, 0) is 35.0 Å². The van der Waals surface area contributed by atoms with Gasteiger partial charge in [0.1, 0.15) is 4.90 Å². The average Bonchev–Trinajstić information content (AvgIpc) is 2.37. The summed E-state index contributed by atoms with van der Waals surface area (Å²) in [5, 5.41) is 0. The highest BCUT2D eigenvalue weighted by Crippen LogP contribution is 2.33. The molecule has 5 nitrogen and oxygen atoms in total. The molecule has 1 heterocycles. The van der Waals surface area contributed by atoms with E-state index in [1.165, 1.54) is 19.1 Å². The van der Waals surface area contributed by atoms with Gasteiger partial charge in [0.2, 0.25) is 0 Å². The SMILES string of the molecule is CC(=O)c1ccc2c(c1Br)S(=O)(=O)NC2=O. The number of rotatable bonds is 1. The maximum atomic E-state index is 11.6. The standard InChI is InChI=1S/C9H6BrNO4S/c1-4(12)5-2-3-6-8(7(5)10)16(14,15)11-9(6)13/h2-3H,1H3,(H,11,13). The Morgan fingerprint density at radius 3 is 2.56 bits per heavy atom. The lowest BCUT2D eigenvalue weighted by Gasteiger charge is -2.03. The van der Waals surface area contributed by atoms with Crippen LogP contribution >= 0.6 is 15.9 Å². The predicted octanol–water partition coefficient (Wildman–Crippen LogP) is 1.08. The van der Waals surface area contributed by atoms with E-state index in [2.05, 4.69) is 15.9 Å². The molecule has 0 unspecified atom stereocenters. The van der Waals surface area contributed by atoms with Crippen molar-refractivity contribution < 1.29 is 18.0 Å². The zero-order valence-corrected chi connectivity index (χ0v) is 10.5. The van der Waals surface area contributed by atoms with Gasteiger partial charge in [-0.15, -0.1) is 0 Å². The van der Waals surface area contributed by atoms with Crippen LogP contribution in [0.2, 0.25) is 0 Å². The molecule has 0 bridgehead atoms. The van der Waals surface area contributed by atoms with Crippen molar-refractivity contribution in [3.63, 3.8) is 0 Å². The van der Waals surface area contributed by atoms with Gasteiger partial charge in [0, 0.05) is 10.0 Å². The number of carbonyl (C=O) groups is 2. The van der Waals surface area contributed by atoms with Crippen LogP contribution < -0.4 is 4.72 Å². The molecule has 0 aliphatic carbocycles. The molecule has 1 N–H and O–H groups in total. The van der Waals surface area contributed by atoms with Crippen molar-refractivity contribution >= 4 is 37.6 Å². The summed E-state index contributed by atoms with van der Waals surface area (Å²) in [5.41, 5.74) is 0.288. The largest absolute Gasteiger partial charge is 0.294 e. The lowest BCUT2D eigenvalue weighted by Crippen LogP contribution is -2.20. The number of halogens is 1. The second-order valence-electron chi connectivity index (χ2n) is 3.29. The van der Waals surface area contributed by atoms with Crippen LogP contribution in [0.4, 0.5) is 0 Å². The fourth-order valence-electron chi connectivity index (χ4n) is 1.50. The van der Waals surface area contributed by atoms with Crippen molar-refractivity contribution in [1.29, 1.82) is 0 Å². The number of ketones is 1. The number of hydrogen-bond donors (Lipinski definition) is 1. The molecule has 1 aliphatic heterocycles. The van der Waals surface area contributed by atoms with Gasteiger partial charge in [0.25, 0.3) is 15.9 Å². The fourth-order valence-corrected chi connectivity index (χ4v) is 4.01. The van der Waals surface area contributed by atoms with Crippen LogP contribution in [0.1, 0.15) is 27.6 Å². The van der Waals surface area contributed by atoms with Gasteiger partial charge < -0.3 is 0 Å². The Labute approximate surface area is 100 Å². The van der Waals surface area contributed by atoms with Gasteiger partial charge in [0.05, 0.1) is 5.56 Å². The number of Topliss-reactive ketones (excluding diaryl/α,β-unsaturated/α-hetero) is 1. The zero-order chi connectivity index (χ0) is 12.1. The third-order valence-corrected chi connectivity index (χ3v) is 4.72. The van der Waals surface area contributed by atoms with E-state index in [1.54, 1.807) is 0 Å². The van der Waals surface area contributed by atoms with Crippen LogP contribution in [0, 0.1) is 0 Å². The molecule has 84 valence electrons. The number of fused-ring (bicyclic) bond motifs is 1. The monoisotopic (exact) mass is 303 g/mol. The van der Waals surface area contributed by atoms with Crippen molar-refractivity contribution in [3.8, 4) is 0 Å². The Hall–Kier alpha value is -1.21. The first-order chi connectivity index (χ1) is 7.34. The summed E-state index contributed by atoms with van der Waals surface area (Å²) in [4.78, 5) is 22.4. The molecule has 0 saturated heterocycles. The minimum absolute atomic E-state index is 0.0527. The van der Waals surface area contributed by atoms with E-state index < -0.39 is 15.9 Å². The number of hydrogen-bond acceptors (Lipinski definition) is 4. The maximum absolute atomic E-state index is 11.6. The number of carbonyl (C=O) groups excluding carboxylic acids is 2. The zero-order valence-electron chi connectivity index (χ0n) is 8.07. The molecule has 2 rings (SSSR count). The highest BCUT2D eigenvalue weighted by Gasteiger charge is 2.35. The van der Waals surface area contributed by atoms with Crippen LogP contribution in [0.25, 0.3) is 0 Å². The Morgan fingerprint density at radius 1 is 1.38 bits per heavy atom. The number of amides is 1. The van der Waals surface area contributed by atoms with Crippen molar-refractivity contribution in [2.75, 3.05) is 0 Å². The molecule has 0 aromatic heterocycles. The molecule has 16 heavy (non-hydrogen) atoms. The van der Waals surface area contributed by atoms with E-state index in [-0.39, 0.29) is 26.3 Å². The summed E-state index contributed by atoms with van der Waals surface area (Å²) < 4.78 is 25.2. The predicted molar refractivity (Wildman–Crippen MR) is 58.8 cm³/mol. The van der Waals surface area contributed by atoms with Gasteiger partial charge >= 0.3 is 0 Å². The van der Waals surface area contributed by atoms with Crippen molar-refractivity contribution in [2.24, 2.45) is 0 Å². The second-order valence-corrected chi connectivity index (χ2v) is 5.71. The molecule has 1 aliphatic rings. The van der Waals surface area contributed by atoms with E-state index in [0.717, 1.165) is 0 Å². The molecule has 0 spiro atoms. The Bertz CT molecular complexity index is 621. The molecule has 1 aromatic carbocycles. The Kier molecular flexibility index (Phi) is 2.39. The summed E-state index contributed by atoms with van der Waals surface area (Å²) in [6.07, 6.45) is 0. The smallest absolute Gasteiger partial charge is 0.266 e. The van der Waals surface area contributed by atoms with Crippen LogP contribution in [-0.2, 0) is 10.0 Å². The average molecular weight is 304 g/mol. The molecule has 1 aromatic rings. The van der Waals surface area contributed by atoms with E-state index >= 15 is 0 Å². The third-order valence-electron chi connectivity index (χ3n) is 2.22. The summed E-state index contributed by atoms with van der Waals surface area (Å²) in [5.74, 6) is -0.949. The Balaban J connectivity index is 2.86. The summed E-state index contributed by atoms with van der Waals surface area (Å²) in [6, 6.07) is 2.75. The first-order valence-electron chi connectivity index (χ1n) is 4.25. The van der Waals surface area contributed by atoms with Crippen molar-refractivity contribution in [2.45, 2.75) is 11.8 Å². The minimum atomic E-state index is -3.84. The topological polar surface area (TPSA) is 80.3 Å². The normalized spacial score (nSPS) is 16.8. The molecule has 0 radical (unpaired) electrons. The second kappa shape index (κ2) is 3.39. The summed E-state index contributed by atoms with van der Waals surface area (Å²) >= 11 is 3.04. The van der Waals surface area contributed by atoms with Crippen LogP contribution in [0.15, 0.2) is 21.5 Å². The van der Waals surface area contributed by atoms with E-state index in [0.29, 0.717) is 0 Å². The number of benzene rings is 1. The molecule has 1 amide bonds. The first-order valence-corrected chi connectivity index (χ1v) is 6.53. The Morgan fingerprint density at radius 2 is 2.00 bits per heavy atom. The van der Waals surface area contributed by atoms with Gasteiger partial charge in [-0.2, -0.15) is 0 Å². The van der Waals surface area contributed by atoms with E-state index in [4.69, 9.17) is 0 Å². The minimum Gasteiger partial charge on any atom is -0.294 e. The summed E-state index contributed by atoms with van der Waals surface area (Å²) in [7, 11) is -3.84. The van der Waals surface area contributed by atoms with Gasteiger partial charge in [-0.25, -0.2) is 13.1 Å². The molecular weight excluding hydrogens is 298 g/mol. The number of nitrogens with one attached hydrogen (secondary N) is 1. The lowest BCUT2D eigenvalue weighted by molar-refractivity contribution is 0.0980. The third kappa shape index (κ3) is 1.47. The highest BCUT2D eigenvalue weighted by atomic mass is 79.9. The molecule has 7 heteroatoms. The molecule has 0 fully saturated rings. The highest BCUT2D eigenvalue weighted by molar-refractivity contribution is 9.10. The molecule has 0 saturated carbocycles. The van der Waals surface area contributed by atoms with Gasteiger partial charge in [-0.3, -0.25) is 9.59 Å². The van der Waals surface area contributed by atoms with Crippen molar-refractivity contribution in [3.05, 3.63) is 27.7 Å². The summed E-state index contributed by atoms with van der Waals surface area (Å²) in [6.45, 7) is 1.32. The first kappa shape index (κ1) is 11.3. The van der Waals surface area contributed by atoms with E-state index in [1.807, 2.05) is 4.72 Å². The fraction of sp³-hybridized carbons (Fsp3) is 0.111. The van der Waals surface area contributed by atoms with Gasteiger partial charge in [0.15, 0.2) is 5.78 Å². The van der Waals surface area contributed by atoms with E-state index in [9.17, 15) is 18.0 Å².